The summed E-state index contributed by atoms with van der Waals surface area (Å²) in [5, 5.41) is 5.45. The zero-order chi connectivity index (χ0) is 19.1. The predicted molar refractivity (Wildman–Crippen MR) is 112 cm³/mol. The molecule has 0 radical (unpaired) electrons. The molecule has 4 nitrogen and oxygen atoms in total. The highest BCUT2D eigenvalue weighted by Crippen LogP contribution is 2.36. The van der Waals surface area contributed by atoms with Gasteiger partial charge in [-0.3, -0.25) is 4.98 Å². The van der Waals surface area contributed by atoms with Gasteiger partial charge in [0.15, 0.2) is 5.65 Å². The predicted octanol–water partition coefficient (Wildman–Crippen LogP) is 5.63. The molecule has 1 atom stereocenters. The Morgan fingerprint density at radius 3 is 2.71 bits per heavy atom. The monoisotopic (exact) mass is 388 g/mol. The Balaban J connectivity index is 1.77. The van der Waals surface area contributed by atoms with Gasteiger partial charge in [-0.05, 0) is 55.0 Å². The number of aromatic nitrogens is 4. The van der Waals surface area contributed by atoms with Gasteiger partial charge in [0.1, 0.15) is 0 Å². The second-order valence-electron chi connectivity index (χ2n) is 7.44. The van der Waals surface area contributed by atoms with Crippen LogP contribution in [0.1, 0.15) is 31.0 Å². The van der Waals surface area contributed by atoms with Crippen LogP contribution < -0.4 is 0 Å². The van der Waals surface area contributed by atoms with Crippen molar-refractivity contribution in [2.24, 2.45) is 5.92 Å². The van der Waals surface area contributed by atoms with E-state index >= 15 is 0 Å². The molecule has 1 aliphatic rings. The van der Waals surface area contributed by atoms with Gasteiger partial charge < -0.3 is 0 Å². The Kier molecular flexibility index (Phi) is 4.36. The molecular formula is C23H21ClN4. The first-order valence-electron chi connectivity index (χ1n) is 9.80. The molecule has 0 aliphatic heterocycles. The first kappa shape index (κ1) is 17.4. The topological polar surface area (TPSA) is 43.1 Å². The Morgan fingerprint density at radius 1 is 1.11 bits per heavy atom. The van der Waals surface area contributed by atoms with Gasteiger partial charge in [-0.25, -0.2) is 9.50 Å². The fraction of sp³-hybridized carbons (Fsp3) is 0.261. The van der Waals surface area contributed by atoms with Gasteiger partial charge >= 0.3 is 0 Å². The zero-order valence-corrected chi connectivity index (χ0v) is 16.5. The van der Waals surface area contributed by atoms with Crippen molar-refractivity contribution >= 4 is 17.2 Å². The Bertz CT molecular complexity index is 1130. The van der Waals surface area contributed by atoms with Crippen molar-refractivity contribution in [1.82, 2.24) is 19.6 Å². The average molecular weight is 389 g/mol. The minimum absolute atomic E-state index is 0.702. The van der Waals surface area contributed by atoms with Crippen LogP contribution in [0.5, 0.6) is 0 Å². The van der Waals surface area contributed by atoms with Crippen LogP contribution in [-0.4, -0.2) is 19.6 Å². The summed E-state index contributed by atoms with van der Waals surface area (Å²) in [5.74, 6) is 0.702. The van der Waals surface area contributed by atoms with E-state index in [2.05, 4.69) is 18.0 Å². The molecule has 0 amide bonds. The van der Waals surface area contributed by atoms with E-state index < -0.39 is 0 Å². The van der Waals surface area contributed by atoms with E-state index in [0.717, 1.165) is 45.9 Å². The van der Waals surface area contributed by atoms with Crippen molar-refractivity contribution in [3.8, 4) is 22.4 Å². The van der Waals surface area contributed by atoms with Crippen LogP contribution in [0.2, 0.25) is 5.02 Å². The van der Waals surface area contributed by atoms with Gasteiger partial charge in [-0.1, -0.05) is 37.1 Å². The van der Waals surface area contributed by atoms with Crippen LogP contribution >= 0.6 is 11.6 Å². The number of aryl methyl sites for hydroxylation is 1. The Hall–Kier alpha value is -2.72. The lowest BCUT2D eigenvalue weighted by Crippen LogP contribution is -2.19. The average Bonchev–Trinajstić information content (AvgIpc) is 3.18. The van der Waals surface area contributed by atoms with Crippen LogP contribution in [0, 0.1) is 5.92 Å². The molecule has 1 aliphatic carbocycles. The number of hydrogen-bond acceptors (Lipinski definition) is 3. The highest BCUT2D eigenvalue weighted by Gasteiger charge is 2.26. The van der Waals surface area contributed by atoms with Gasteiger partial charge in [-0.15, -0.1) is 0 Å². The van der Waals surface area contributed by atoms with Crippen molar-refractivity contribution in [3.05, 3.63) is 71.3 Å². The standard InChI is InChI=1S/C23H21ClN4/c1-2-15-5-10-21-19(12-15)22(17-4-3-11-25-13-17)27-23-20(14-26-28(21)23)16-6-8-18(24)9-7-16/h3-4,6-9,11,13-15H,2,5,10,12H2,1H3/t15-/m1/s1. The van der Waals surface area contributed by atoms with Crippen LogP contribution in [0.3, 0.4) is 0 Å². The van der Waals surface area contributed by atoms with Crippen molar-refractivity contribution in [3.63, 3.8) is 0 Å². The molecule has 0 spiro atoms. The van der Waals surface area contributed by atoms with E-state index in [9.17, 15) is 0 Å². The summed E-state index contributed by atoms with van der Waals surface area (Å²) in [6.45, 7) is 2.28. The summed E-state index contributed by atoms with van der Waals surface area (Å²) in [5.41, 5.74) is 7.73. The van der Waals surface area contributed by atoms with Crippen LogP contribution in [0.15, 0.2) is 55.0 Å². The highest BCUT2D eigenvalue weighted by atomic mass is 35.5. The fourth-order valence-electron chi connectivity index (χ4n) is 4.21. The zero-order valence-electron chi connectivity index (χ0n) is 15.8. The van der Waals surface area contributed by atoms with Crippen LogP contribution in [0.4, 0.5) is 0 Å². The second kappa shape index (κ2) is 7.02. The first-order chi connectivity index (χ1) is 13.7. The number of hydrogen-bond donors (Lipinski definition) is 0. The van der Waals surface area contributed by atoms with Crippen molar-refractivity contribution in [1.29, 1.82) is 0 Å². The smallest absolute Gasteiger partial charge is 0.163 e. The molecule has 1 aromatic carbocycles. The quantitative estimate of drug-likeness (QED) is 0.457. The summed E-state index contributed by atoms with van der Waals surface area (Å²) < 4.78 is 2.05. The second-order valence-corrected chi connectivity index (χ2v) is 7.88. The summed E-state index contributed by atoms with van der Waals surface area (Å²) in [7, 11) is 0. The lowest BCUT2D eigenvalue weighted by molar-refractivity contribution is 0.435. The van der Waals surface area contributed by atoms with E-state index in [1.807, 2.05) is 47.2 Å². The number of rotatable bonds is 3. The number of fused-ring (bicyclic) bond motifs is 3. The summed E-state index contributed by atoms with van der Waals surface area (Å²) in [6, 6.07) is 11.9. The third-order valence-electron chi connectivity index (χ3n) is 5.80. The maximum Gasteiger partial charge on any atom is 0.163 e. The lowest BCUT2D eigenvalue weighted by atomic mass is 9.83. The van der Waals surface area contributed by atoms with E-state index in [1.165, 1.54) is 24.1 Å². The Morgan fingerprint density at radius 2 is 1.96 bits per heavy atom. The van der Waals surface area contributed by atoms with E-state index in [1.54, 1.807) is 6.20 Å². The van der Waals surface area contributed by atoms with Crippen molar-refractivity contribution < 1.29 is 0 Å². The largest absolute Gasteiger partial charge is 0.264 e. The minimum atomic E-state index is 0.702. The molecule has 28 heavy (non-hydrogen) atoms. The number of halogens is 1. The molecule has 5 heteroatoms. The van der Waals surface area contributed by atoms with Gasteiger partial charge in [0.25, 0.3) is 0 Å². The lowest BCUT2D eigenvalue weighted by Gasteiger charge is -2.26. The van der Waals surface area contributed by atoms with Gasteiger partial charge in [-0.2, -0.15) is 5.10 Å². The Labute approximate surface area is 169 Å². The molecule has 0 N–H and O–H groups in total. The molecule has 0 fully saturated rings. The van der Waals surface area contributed by atoms with E-state index in [4.69, 9.17) is 21.7 Å². The van der Waals surface area contributed by atoms with Gasteiger partial charge in [0, 0.05) is 39.8 Å². The maximum absolute atomic E-state index is 6.08. The van der Waals surface area contributed by atoms with E-state index in [0.29, 0.717) is 5.92 Å². The first-order valence-corrected chi connectivity index (χ1v) is 10.2. The molecular weight excluding hydrogens is 368 g/mol. The van der Waals surface area contributed by atoms with Crippen LogP contribution in [0.25, 0.3) is 28.0 Å². The fourth-order valence-corrected chi connectivity index (χ4v) is 4.34. The number of benzene rings is 1. The molecule has 5 rings (SSSR count). The molecule has 3 heterocycles. The maximum atomic E-state index is 6.08. The van der Waals surface area contributed by atoms with Crippen LogP contribution in [-0.2, 0) is 12.8 Å². The van der Waals surface area contributed by atoms with E-state index in [-0.39, 0.29) is 0 Å². The minimum Gasteiger partial charge on any atom is -0.264 e. The summed E-state index contributed by atoms with van der Waals surface area (Å²) in [4.78, 5) is 9.44. The SMILES string of the molecule is CC[C@@H]1CCc2c(c(-c3cccnc3)nc3c(-c4ccc(Cl)cc4)cnn23)C1. The molecule has 3 aromatic heterocycles. The van der Waals surface area contributed by atoms with Crippen molar-refractivity contribution in [2.75, 3.05) is 0 Å². The normalized spacial score (nSPS) is 16.3. The molecule has 4 aromatic rings. The molecule has 0 unspecified atom stereocenters. The molecule has 140 valence electrons. The highest BCUT2D eigenvalue weighted by molar-refractivity contribution is 6.30. The summed E-state index contributed by atoms with van der Waals surface area (Å²) >= 11 is 6.08. The van der Waals surface area contributed by atoms with Gasteiger partial charge in [0.05, 0.1) is 11.9 Å². The molecule has 0 saturated heterocycles. The third kappa shape index (κ3) is 2.89. The number of nitrogens with zero attached hydrogens (tertiary/aromatic N) is 4. The molecule has 0 saturated carbocycles. The third-order valence-corrected chi connectivity index (χ3v) is 6.05. The number of pyridine rings is 1. The van der Waals surface area contributed by atoms with Gasteiger partial charge in [0.2, 0.25) is 0 Å². The summed E-state index contributed by atoms with van der Waals surface area (Å²) in [6.07, 6.45) is 10.1. The van der Waals surface area contributed by atoms with Crippen molar-refractivity contribution in [2.45, 2.75) is 32.6 Å². The molecule has 0 bridgehead atoms.